The molecule has 1 aromatic carbocycles. The van der Waals surface area contributed by atoms with Crippen LogP contribution in [0.5, 0.6) is 0 Å². The third kappa shape index (κ3) is 2.40. The van der Waals surface area contributed by atoms with Crippen LogP contribution in [0.4, 0.5) is 5.69 Å². The first-order valence-electron chi connectivity index (χ1n) is 7.08. The van der Waals surface area contributed by atoms with Crippen LogP contribution in [0.15, 0.2) is 30.5 Å². The summed E-state index contributed by atoms with van der Waals surface area (Å²) in [5.41, 5.74) is 2.21. The summed E-state index contributed by atoms with van der Waals surface area (Å²) in [6.45, 7) is 5.35. The van der Waals surface area contributed by atoms with Crippen molar-refractivity contribution in [3.05, 3.63) is 30.5 Å². The summed E-state index contributed by atoms with van der Waals surface area (Å²) >= 11 is 0. The van der Waals surface area contributed by atoms with Crippen LogP contribution in [-0.2, 0) is 0 Å². The largest absolute Gasteiger partial charge is 0.365 e. The lowest BCUT2D eigenvalue weighted by molar-refractivity contribution is 0.588. The Morgan fingerprint density at radius 3 is 3.16 bits per heavy atom. The highest BCUT2D eigenvalue weighted by molar-refractivity contribution is 5.91. The molecule has 0 amide bonds. The van der Waals surface area contributed by atoms with Crippen LogP contribution in [0.1, 0.15) is 19.8 Å². The van der Waals surface area contributed by atoms with Gasteiger partial charge in [0.15, 0.2) is 0 Å². The smallest absolute Gasteiger partial charge is 0.0950 e. The van der Waals surface area contributed by atoms with Gasteiger partial charge in [0.2, 0.25) is 0 Å². The van der Waals surface area contributed by atoms with Gasteiger partial charge in [-0.1, -0.05) is 25.1 Å². The first kappa shape index (κ1) is 12.4. The van der Waals surface area contributed by atoms with Crippen molar-refractivity contribution in [2.75, 3.05) is 24.5 Å². The van der Waals surface area contributed by atoms with Crippen LogP contribution in [0.2, 0.25) is 0 Å². The number of hydrogen-bond donors (Lipinski definition) is 1. The lowest BCUT2D eigenvalue weighted by atomic mass is 10.1. The van der Waals surface area contributed by atoms with Gasteiger partial charge in [-0.15, -0.1) is 0 Å². The Morgan fingerprint density at radius 2 is 2.26 bits per heavy atom. The van der Waals surface area contributed by atoms with E-state index in [-0.39, 0.29) is 0 Å². The third-order valence-electron chi connectivity index (χ3n) is 3.84. The van der Waals surface area contributed by atoms with Gasteiger partial charge < -0.3 is 10.2 Å². The summed E-state index contributed by atoms with van der Waals surface area (Å²) in [4.78, 5) is 2.49. The molecule has 1 fully saturated rings. The molecular formula is C15H20N4. The van der Waals surface area contributed by atoms with Crippen LogP contribution in [0, 0.1) is 0 Å². The van der Waals surface area contributed by atoms with Gasteiger partial charge in [0.05, 0.1) is 17.4 Å². The summed E-state index contributed by atoms with van der Waals surface area (Å²) in [5.74, 6) is 0. The number of nitrogens with one attached hydrogen (secondary N) is 1. The average Bonchev–Trinajstić information content (AvgIpc) is 2.92. The second-order valence-electron chi connectivity index (χ2n) is 5.04. The van der Waals surface area contributed by atoms with Crippen LogP contribution in [0.25, 0.3) is 10.9 Å². The van der Waals surface area contributed by atoms with Crippen LogP contribution < -0.4 is 10.2 Å². The highest BCUT2D eigenvalue weighted by Crippen LogP contribution is 2.30. The van der Waals surface area contributed by atoms with Gasteiger partial charge in [0, 0.05) is 24.5 Å². The first-order chi connectivity index (χ1) is 9.40. The molecule has 2 heterocycles. The lowest BCUT2D eigenvalue weighted by Gasteiger charge is -2.27. The molecule has 19 heavy (non-hydrogen) atoms. The minimum Gasteiger partial charge on any atom is -0.365 e. The monoisotopic (exact) mass is 256 g/mol. The molecule has 1 aliphatic rings. The molecular weight excluding hydrogens is 236 g/mol. The minimum atomic E-state index is 0.576. The van der Waals surface area contributed by atoms with Crippen molar-refractivity contribution in [2.45, 2.75) is 25.8 Å². The van der Waals surface area contributed by atoms with Crippen LogP contribution >= 0.6 is 0 Å². The fraction of sp³-hybridized carbons (Fsp3) is 0.467. The van der Waals surface area contributed by atoms with E-state index in [1.807, 2.05) is 18.3 Å². The summed E-state index contributed by atoms with van der Waals surface area (Å²) in [5, 5.41) is 13.0. The van der Waals surface area contributed by atoms with Crippen molar-refractivity contribution in [3.63, 3.8) is 0 Å². The minimum absolute atomic E-state index is 0.576. The molecule has 1 saturated heterocycles. The highest BCUT2D eigenvalue weighted by atomic mass is 15.2. The number of nitrogens with zero attached hydrogens (tertiary/aromatic N) is 3. The fourth-order valence-electron chi connectivity index (χ4n) is 2.90. The maximum atomic E-state index is 4.21. The third-order valence-corrected chi connectivity index (χ3v) is 3.84. The van der Waals surface area contributed by atoms with E-state index in [0.717, 1.165) is 25.2 Å². The number of rotatable bonds is 4. The Bertz CT molecular complexity index is 549. The van der Waals surface area contributed by atoms with E-state index in [0.29, 0.717) is 6.04 Å². The highest BCUT2D eigenvalue weighted by Gasteiger charge is 2.25. The average molecular weight is 256 g/mol. The number of anilines is 1. The normalized spacial score (nSPS) is 19.2. The van der Waals surface area contributed by atoms with Gasteiger partial charge in [-0.05, 0) is 25.5 Å². The predicted octanol–water partition coefficient (Wildman–Crippen LogP) is 2.21. The summed E-state index contributed by atoms with van der Waals surface area (Å²) in [6, 6.07) is 8.83. The van der Waals surface area contributed by atoms with E-state index in [2.05, 4.69) is 39.5 Å². The molecule has 1 aliphatic heterocycles. The maximum absolute atomic E-state index is 4.21. The topological polar surface area (TPSA) is 41.0 Å². The second kappa shape index (κ2) is 5.53. The zero-order valence-electron chi connectivity index (χ0n) is 11.3. The van der Waals surface area contributed by atoms with Crippen molar-refractivity contribution in [1.29, 1.82) is 0 Å². The second-order valence-corrected chi connectivity index (χ2v) is 5.04. The number of aromatic nitrogens is 2. The molecule has 2 aromatic rings. The van der Waals surface area contributed by atoms with Crippen molar-refractivity contribution >= 4 is 16.6 Å². The molecule has 0 spiro atoms. The molecule has 1 aromatic heterocycles. The maximum Gasteiger partial charge on any atom is 0.0950 e. The Kier molecular flexibility index (Phi) is 3.60. The van der Waals surface area contributed by atoms with E-state index < -0.39 is 0 Å². The quantitative estimate of drug-likeness (QED) is 0.910. The summed E-state index contributed by atoms with van der Waals surface area (Å²) in [6.07, 6.45) is 4.42. The van der Waals surface area contributed by atoms with Crippen LogP contribution in [0.3, 0.4) is 0 Å². The Labute approximate surface area is 113 Å². The lowest BCUT2D eigenvalue weighted by Crippen LogP contribution is -2.38. The number of likely N-dealkylation sites (N-methyl/N-ethyl adjacent to an activating group) is 1. The zero-order valence-corrected chi connectivity index (χ0v) is 11.3. The van der Waals surface area contributed by atoms with E-state index in [1.165, 1.54) is 23.9 Å². The molecule has 0 bridgehead atoms. The first-order valence-corrected chi connectivity index (χ1v) is 7.08. The van der Waals surface area contributed by atoms with Gasteiger partial charge in [-0.25, -0.2) is 0 Å². The molecule has 1 unspecified atom stereocenters. The molecule has 100 valence electrons. The SMILES string of the molecule is CCNCC1CCCN1c1cnnc2ccccc12. The summed E-state index contributed by atoms with van der Waals surface area (Å²) < 4.78 is 0. The molecule has 3 rings (SSSR count). The van der Waals surface area contributed by atoms with Gasteiger partial charge in [0.1, 0.15) is 0 Å². The van der Waals surface area contributed by atoms with E-state index in [4.69, 9.17) is 0 Å². The Morgan fingerprint density at radius 1 is 1.37 bits per heavy atom. The molecule has 4 heteroatoms. The van der Waals surface area contributed by atoms with E-state index in [9.17, 15) is 0 Å². The molecule has 0 saturated carbocycles. The van der Waals surface area contributed by atoms with E-state index in [1.54, 1.807) is 0 Å². The molecule has 1 N–H and O–H groups in total. The standard InChI is InChI=1S/C15H20N4/c1-2-16-10-12-6-5-9-19(12)15-11-17-18-14-8-4-3-7-13(14)15/h3-4,7-8,11-12,16H,2,5-6,9-10H2,1H3. The number of benzene rings is 1. The van der Waals surface area contributed by atoms with Crippen LogP contribution in [-0.4, -0.2) is 35.9 Å². The van der Waals surface area contributed by atoms with Gasteiger partial charge in [-0.2, -0.15) is 10.2 Å². The van der Waals surface area contributed by atoms with Gasteiger partial charge in [0.25, 0.3) is 0 Å². The van der Waals surface area contributed by atoms with E-state index >= 15 is 0 Å². The van der Waals surface area contributed by atoms with Crippen molar-refractivity contribution < 1.29 is 0 Å². The van der Waals surface area contributed by atoms with Crippen molar-refractivity contribution in [3.8, 4) is 0 Å². The summed E-state index contributed by atoms with van der Waals surface area (Å²) in [7, 11) is 0. The molecule has 4 nitrogen and oxygen atoms in total. The Balaban J connectivity index is 1.94. The Hall–Kier alpha value is -1.68. The molecule has 0 aliphatic carbocycles. The number of fused-ring (bicyclic) bond motifs is 1. The fourth-order valence-corrected chi connectivity index (χ4v) is 2.90. The van der Waals surface area contributed by atoms with Gasteiger partial charge >= 0.3 is 0 Å². The van der Waals surface area contributed by atoms with Gasteiger partial charge in [-0.3, -0.25) is 0 Å². The predicted molar refractivity (Wildman–Crippen MR) is 78.4 cm³/mol. The number of hydrogen-bond acceptors (Lipinski definition) is 4. The van der Waals surface area contributed by atoms with Crippen molar-refractivity contribution in [1.82, 2.24) is 15.5 Å². The zero-order chi connectivity index (χ0) is 13.1. The molecule has 0 radical (unpaired) electrons. The molecule has 1 atom stereocenters. The van der Waals surface area contributed by atoms with Crippen molar-refractivity contribution in [2.24, 2.45) is 0 Å².